The molecule has 1 aromatic rings. The molecule has 0 fully saturated rings. The fraction of sp³-hybridized carbons (Fsp3) is 0.647. The highest BCUT2D eigenvalue weighted by Gasteiger charge is 2.23. The second-order valence-electron chi connectivity index (χ2n) is 6.01. The predicted molar refractivity (Wildman–Crippen MR) is 84.3 cm³/mol. The van der Waals surface area contributed by atoms with Gasteiger partial charge >= 0.3 is 0 Å². The molecule has 0 radical (unpaired) electrons. The number of benzene rings is 1. The largest absolute Gasteiger partial charge is 0.491 e. The second-order valence-corrected chi connectivity index (χ2v) is 6.01. The summed E-state index contributed by atoms with van der Waals surface area (Å²) in [6.45, 7) is 11.4. The first kappa shape index (κ1) is 17.0. The van der Waals surface area contributed by atoms with Gasteiger partial charge in [0.05, 0.1) is 11.7 Å². The van der Waals surface area contributed by atoms with Crippen LogP contribution in [0.1, 0.15) is 52.6 Å². The highest BCUT2D eigenvalue weighted by Crippen LogP contribution is 2.27. The summed E-state index contributed by atoms with van der Waals surface area (Å²) >= 11 is 0. The van der Waals surface area contributed by atoms with Gasteiger partial charge in [-0.3, -0.25) is 0 Å². The van der Waals surface area contributed by atoms with Crippen LogP contribution in [-0.2, 0) is 4.74 Å². The number of hydrogen-bond acceptors (Lipinski definition) is 3. The minimum absolute atomic E-state index is 0.139. The van der Waals surface area contributed by atoms with Crippen molar-refractivity contribution in [2.75, 3.05) is 13.7 Å². The maximum absolute atomic E-state index is 5.69. The van der Waals surface area contributed by atoms with Gasteiger partial charge in [0, 0.05) is 13.2 Å². The third-order valence-corrected chi connectivity index (χ3v) is 3.35. The monoisotopic (exact) mass is 279 g/mol. The molecule has 1 rings (SSSR count). The minimum Gasteiger partial charge on any atom is -0.491 e. The number of nitrogens with one attached hydrogen (secondary N) is 1. The summed E-state index contributed by atoms with van der Waals surface area (Å²) in [4.78, 5) is 0. The fourth-order valence-electron chi connectivity index (χ4n) is 2.18. The molecule has 114 valence electrons. The minimum atomic E-state index is -0.139. The number of rotatable bonds is 8. The quantitative estimate of drug-likeness (QED) is 0.782. The highest BCUT2D eigenvalue weighted by atomic mass is 16.5. The highest BCUT2D eigenvalue weighted by molar-refractivity contribution is 5.29. The lowest BCUT2D eigenvalue weighted by molar-refractivity contribution is 0.00697. The lowest BCUT2D eigenvalue weighted by atomic mass is 9.93. The normalized spacial score (nSPS) is 13.6. The van der Waals surface area contributed by atoms with Gasteiger partial charge in [0.25, 0.3) is 0 Å². The molecule has 1 aromatic carbocycles. The van der Waals surface area contributed by atoms with E-state index >= 15 is 0 Å². The molecule has 0 saturated carbocycles. The summed E-state index contributed by atoms with van der Waals surface area (Å²) in [5.41, 5.74) is 1.13. The van der Waals surface area contributed by atoms with Crippen molar-refractivity contribution >= 4 is 0 Å². The lowest BCUT2D eigenvalue weighted by Gasteiger charge is -2.29. The Morgan fingerprint density at radius 1 is 1.15 bits per heavy atom. The average molecular weight is 279 g/mol. The Bertz CT molecular complexity index is 384. The molecule has 3 nitrogen and oxygen atoms in total. The predicted octanol–water partition coefficient (Wildman–Crippen LogP) is 3.94. The van der Waals surface area contributed by atoms with Crippen molar-refractivity contribution in [2.45, 2.75) is 58.8 Å². The van der Waals surface area contributed by atoms with Gasteiger partial charge in [0.1, 0.15) is 5.75 Å². The van der Waals surface area contributed by atoms with Crippen LogP contribution in [0.15, 0.2) is 24.3 Å². The molecular weight excluding hydrogens is 250 g/mol. The summed E-state index contributed by atoms with van der Waals surface area (Å²) in [6.07, 6.45) is 1.14. The van der Waals surface area contributed by atoms with Crippen LogP contribution < -0.4 is 10.1 Å². The van der Waals surface area contributed by atoms with Crippen LogP contribution in [0.3, 0.4) is 0 Å². The van der Waals surface area contributed by atoms with Crippen molar-refractivity contribution in [3.63, 3.8) is 0 Å². The zero-order valence-corrected chi connectivity index (χ0v) is 13.7. The summed E-state index contributed by atoms with van der Waals surface area (Å²) in [6, 6.07) is 8.65. The molecule has 0 aliphatic heterocycles. The first-order chi connectivity index (χ1) is 9.38. The molecular formula is C17H29NO2. The van der Waals surface area contributed by atoms with E-state index in [0.29, 0.717) is 6.04 Å². The van der Waals surface area contributed by atoms with Crippen LogP contribution in [-0.4, -0.2) is 25.4 Å². The number of ether oxygens (including phenoxy) is 2. The first-order valence-corrected chi connectivity index (χ1v) is 7.43. The third kappa shape index (κ3) is 5.51. The lowest BCUT2D eigenvalue weighted by Crippen LogP contribution is -2.32. The van der Waals surface area contributed by atoms with Gasteiger partial charge in [-0.15, -0.1) is 0 Å². The van der Waals surface area contributed by atoms with E-state index in [2.05, 4.69) is 38.2 Å². The molecule has 1 atom stereocenters. The molecule has 1 unspecified atom stereocenters. The maximum atomic E-state index is 5.69. The molecule has 0 aliphatic carbocycles. The Hall–Kier alpha value is -1.06. The SMILES string of the molecule is CCNC(CC(C)(C)OC)c1ccc(OC(C)C)cc1. The van der Waals surface area contributed by atoms with E-state index < -0.39 is 0 Å². The zero-order valence-electron chi connectivity index (χ0n) is 13.7. The molecule has 0 saturated heterocycles. The van der Waals surface area contributed by atoms with Crippen molar-refractivity contribution < 1.29 is 9.47 Å². The summed E-state index contributed by atoms with van der Waals surface area (Å²) in [7, 11) is 1.77. The Kier molecular flexibility index (Phi) is 6.50. The first-order valence-electron chi connectivity index (χ1n) is 7.43. The molecule has 3 heteroatoms. The van der Waals surface area contributed by atoms with Crippen LogP contribution in [0.5, 0.6) is 5.75 Å². The van der Waals surface area contributed by atoms with Crippen molar-refractivity contribution in [1.29, 1.82) is 0 Å². The average Bonchev–Trinajstić information content (AvgIpc) is 2.38. The van der Waals surface area contributed by atoms with E-state index in [4.69, 9.17) is 9.47 Å². The van der Waals surface area contributed by atoms with Crippen molar-refractivity contribution in [3.8, 4) is 5.75 Å². The Morgan fingerprint density at radius 3 is 2.20 bits per heavy atom. The zero-order chi connectivity index (χ0) is 15.2. The molecule has 1 N–H and O–H groups in total. The topological polar surface area (TPSA) is 30.5 Å². The molecule has 0 heterocycles. The van der Waals surface area contributed by atoms with Gasteiger partial charge < -0.3 is 14.8 Å². The fourth-order valence-corrected chi connectivity index (χ4v) is 2.18. The van der Waals surface area contributed by atoms with E-state index in [-0.39, 0.29) is 11.7 Å². The van der Waals surface area contributed by atoms with Gasteiger partial charge in [-0.1, -0.05) is 19.1 Å². The third-order valence-electron chi connectivity index (χ3n) is 3.35. The van der Waals surface area contributed by atoms with E-state index in [1.54, 1.807) is 7.11 Å². The van der Waals surface area contributed by atoms with Gasteiger partial charge in [0.15, 0.2) is 0 Å². The van der Waals surface area contributed by atoms with E-state index in [0.717, 1.165) is 18.7 Å². The molecule has 0 bridgehead atoms. The van der Waals surface area contributed by atoms with E-state index in [1.165, 1.54) is 5.56 Å². The number of methoxy groups -OCH3 is 1. The Balaban J connectivity index is 2.81. The van der Waals surface area contributed by atoms with Crippen LogP contribution in [0, 0.1) is 0 Å². The summed E-state index contributed by atoms with van der Waals surface area (Å²) in [5.74, 6) is 0.921. The van der Waals surface area contributed by atoms with Gasteiger partial charge in [-0.25, -0.2) is 0 Å². The van der Waals surface area contributed by atoms with E-state index in [9.17, 15) is 0 Å². The van der Waals surface area contributed by atoms with Gasteiger partial charge in [-0.2, -0.15) is 0 Å². The standard InChI is InChI=1S/C17H29NO2/c1-7-18-16(12-17(4,5)19-6)14-8-10-15(11-9-14)20-13(2)3/h8-11,13,16,18H,7,12H2,1-6H3. The maximum Gasteiger partial charge on any atom is 0.119 e. The van der Waals surface area contributed by atoms with Crippen LogP contribution in [0.25, 0.3) is 0 Å². The second kappa shape index (κ2) is 7.65. The van der Waals surface area contributed by atoms with Gasteiger partial charge in [-0.05, 0) is 58.4 Å². The van der Waals surface area contributed by atoms with Crippen LogP contribution >= 0.6 is 0 Å². The number of hydrogen-bond donors (Lipinski definition) is 1. The molecule has 0 spiro atoms. The Labute approximate surface area is 123 Å². The van der Waals surface area contributed by atoms with Crippen molar-refractivity contribution in [1.82, 2.24) is 5.32 Å². The van der Waals surface area contributed by atoms with Crippen molar-refractivity contribution in [2.24, 2.45) is 0 Å². The van der Waals surface area contributed by atoms with Crippen LogP contribution in [0.2, 0.25) is 0 Å². The molecule has 0 aliphatic rings. The van der Waals surface area contributed by atoms with E-state index in [1.807, 2.05) is 26.0 Å². The van der Waals surface area contributed by atoms with Crippen molar-refractivity contribution in [3.05, 3.63) is 29.8 Å². The molecule has 0 amide bonds. The van der Waals surface area contributed by atoms with Crippen LogP contribution in [0.4, 0.5) is 0 Å². The smallest absolute Gasteiger partial charge is 0.119 e. The Morgan fingerprint density at radius 2 is 1.75 bits per heavy atom. The molecule has 0 aromatic heterocycles. The van der Waals surface area contributed by atoms with Gasteiger partial charge in [0.2, 0.25) is 0 Å². The summed E-state index contributed by atoms with van der Waals surface area (Å²) in [5, 5.41) is 3.53. The molecule has 20 heavy (non-hydrogen) atoms. The summed E-state index contributed by atoms with van der Waals surface area (Å²) < 4.78 is 11.2.